The van der Waals surface area contributed by atoms with E-state index in [2.05, 4.69) is 10.6 Å². The molecule has 0 saturated heterocycles. The predicted octanol–water partition coefficient (Wildman–Crippen LogP) is 3.44. The van der Waals surface area contributed by atoms with Crippen molar-refractivity contribution in [1.29, 1.82) is 0 Å². The topological polar surface area (TPSA) is 99.3 Å². The Morgan fingerprint density at radius 2 is 1.66 bits per heavy atom. The number of carbonyl (C=O) groups excluding carboxylic acids is 2. The molecule has 2 amide bonds. The van der Waals surface area contributed by atoms with Gasteiger partial charge in [-0.2, -0.15) is 0 Å². The summed E-state index contributed by atoms with van der Waals surface area (Å²) >= 11 is 0. The average molecular weight is 478 g/mol. The molecule has 9 nitrogen and oxygen atoms in total. The molecule has 0 aliphatic heterocycles. The first-order valence-electron chi connectivity index (χ1n) is 11.4. The van der Waals surface area contributed by atoms with Gasteiger partial charge in [-0.25, -0.2) is 9.59 Å². The van der Waals surface area contributed by atoms with Gasteiger partial charge in [-0.15, -0.1) is 0 Å². The van der Waals surface area contributed by atoms with Crippen LogP contribution < -0.4 is 16.3 Å². The molecule has 9 heteroatoms. The van der Waals surface area contributed by atoms with Crippen LogP contribution in [-0.4, -0.2) is 37.3 Å². The number of hydrogen-bond acceptors (Lipinski definition) is 4. The maximum Gasteiger partial charge on any atom is 0.408 e. The van der Waals surface area contributed by atoms with Gasteiger partial charge in [-0.05, 0) is 50.6 Å². The van der Waals surface area contributed by atoms with Crippen LogP contribution >= 0.6 is 0 Å². The van der Waals surface area contributed by atoms with E-state index in [9.17, 15) is 14.4 Å². The van der Waals surface area contributed by atoms with Gasteiger partial charge in [0.25, 0.3) is 0 Å². The molecular weight excluding hydrogens is 446 g/mol. The van der Waals surface area contributed by atoms with Gasteiger partial charge in [0.1, 0.15) is 11.6 Å². The van der Waals surface area contributed by atoms with Gasteiger partial charge in [-0.3, -0.25) is 13.9 Å². The number of para-hydroxylation sites is 1. The molecule has 2 aromatic heterocycles. The Kier molecular flexibility index (Phi) is 6.19. The molecule has 0 unspecified atom stereocenters. The minimum absolute atomic E-state index is 0.149. The van der Waals surface area contributed by atoms with E-state index in [4.69, 9.17) is 4.74 Å². The number of imidazole rings is 1. The molecule has 1 atom stereocenters. The van der Waals surface area contributed by atoms with Crippen LogP contribution in [-0.2, 0) is 37.1 Å². The van der Waals surface area contributed by atoms with Crippen LogP contribution in [0.4, 0.5) is 10.5 Å². The standard InChI is InChI=1S/C26H31N5O4/c1-26(2,3)35-24(33)28-19(13-16-15-29(4)20-10-8-7-9-18(16)20)23(32)27-17-11-12-21-22(14-17)31(6)25(34)30(21)5/h7-12,14-15,19H,13H2,1-6H3,(H,27,32)(H,28,33)/t19-/m1/s1. The van der Waals surface area contributed by atoms with Crippen molar-refractivity contribution in [3.63, 3.8) is 0 Å². The van der Waals surface area contributed by atoms with Crippen molar-refractivity contribution in [2.24, 2.45) is 21.1 Å². The lowest BCUT2D eigenvalue weighted by molar-refractivity contribution is -0.118. The van der Waals surface area contributed by atoms with Crippen LogP contribution in [0.2, 0.25) is 0 Å². The minimum atomic E-state index is -0.883. The van der Waals surface area contributed by atoms with E-state index in [-0.39, 0.29) is 18.0 Å². The number of carbonyl (C=O) groups is 2. The monoisotopic (exact) mass is 477 g/mol. The maximum atomic E-state index is 13.4. The zero-order valence-corrected chi connectivity index (χ0v) is 20.9. The number of nitrogens with one attached hydrogen (secondary N) is 2. The van der Waals surface area contributed by atoms with E-state index in [0.717, 1.165) is 22.0 Å². The summed E-state index contributed by atoms with van der Waals surface area (Å²) in [5, 5.41) is 6.64. The third kappa shape index (κ3) is 4.94. The smallest absolute Gasteiger partial charge is 0.408 e. The Morgan fingerprint density at radius 3 is 2.37 bits per heavy atom. The number of rotatable bonds is 5. The molecule has 2 aromatic carbocycles. The number of amides is 2. The summed E-state index contributed by atoms with van der Waals surface area (Å²) in [7, 11) is 5.33. The highest BCUT2D eigenvalue weighted by Crippen LogP contribution is 2.23. The summed E-state index contributed by atoms with van der Waals surface area (Å²) in [6, 6.07) is 12.3. The molecule has 0 bridgehead atoms. The summed E-state index contributed by atoms with van der Waals surface area (Å²) in [5.41, 5.74) is 3.10. The number of nitrogens with zero attached hydrogens (tertiary/aromatic N) is 3. The van der Waals surface area contributed by atoms with Gasteiger partial charge in [0.15, 0.2) is 0 Å². The van der Waals surface area contributed by atoms with Crippen molar-refractivity contribution in [3.8, 4) is 0 Å². The van der Waals surface area contributed by atoms with E-state index >= 15 is 0 Å². The third-order valence-corrected chi connectivity index (χ3v) is 5.95. The number of hydrogen-bond donors (Lipinski definition) is 2. The van der Waals surface area contributed by atoms with Crippen LogP contribution in [0.25, 0.3) is 21.9 Å². The molecule has 4 rings (SSSR count). The number of ether oxygens (including phenoxy) is 1. The molecule has 4 aromatic rings. The van der Waals surface area contributed by atoms with Crippen molar-refractivity contribution in [3.05, 3.63) is 64.7 Å². The lowest BCUT2D eigenvalue weighted by atomic mass is 10.0. The highest BCUT2D eigenvalue weighted by atomic mass is 16.6. The SMILES string of the molecule is Cn1cc(C[C@@H](NC(=O)OC(C)(C)C)C(=O)Nc2ccc3c(c2)n(C)c(=O)n3C)c2ccccc21. The van der Waals surface area contributed by atoms with Crippen LogP contribution in [0.1, 0.15) is 26.3 Å². The van der Waals surface area contributed by atoms with E-state index < -0.39 is 17.7 Å². The van der Waals surface area contributed by atoms with Crippen molar-refractivity contribution in [1.82, 2.24) is 19.0 Å². The molecule has 0 aliphatic rings. The highest BCUT2D eigenvalue weighted by Gasteiger charge is 2.26. The van der Waals surface area contributed by atoms with Gasteiger partial charge in [0, 0.05) is 50.4 Å². The molecule has 0 saturated carbocycles. The van der Waals surface area contributed by atoms with Crippen LogP contribution in [0, 0.1) is 0 Å². The Morgan fingerprint density at radius 1 is 0.971 bits per heavy atom. The molecule has 35 heavy (non-hydrogen) atoms. The second-order valence-corrected chi connectivity index (χ2v) is 9.78. The second-order valence-electron chi connectivity index (χ2n) is 9.78. The fourth-order valence-corrected chi connectivity index (χ4v) is 4.28. The Labute approximate surface area is 203 Å². The van der Waals surface area contributed by atoms with Gasteiger partial charge in [0.05, 0.1) is 11.0 Å². The number of alkyl carbamates (subject to hydrolysis) is 1. The normalized spacial score (nSPS) is 12.6. The number of anilines is 1. The van der Waals surface area contributed by atoms with E-state index in [1.165, 1.54) is 4.57 Å². The zero-order chi connectivity index (χ0) is 25.5. The summed E-state index contributed by atoms with van der Waals surface area (Å²) in [5.74, 6) is -0.385. The Bertz CT molecular complexity index is 1490. The highest BCUT2D eigenvalue weighted by molar-refractivity contribution is 5.98. The minimum Gasteiger partial charge on any atom is -0.444 e. The number of benzene rings is 2. The Balaban J connectivity index is 1.64. The van der Waals surface area contributed by atoms with Crippen LogP contribution in [0.15, 0.2) is 53.5 Å². The van der Waals surface area contributed by atoms with Gasteiger partial charge < -0.3 is 19.9 Å². The fourth-order valence-electron chi connectivity index (χ4n) is 4.28. The molecule has 0 aliphatic carbocycles. The van der Waals surface area contributed by atoms with Crippen molar-refractivity contribution in [2.75, 3.05) is 5.32 Å². The summed E-state index contributed by atoms with van der Waals surface area (Å²) < 4.78 is 10.5. The third-order valence-electron chi connectivity index (χ3n) is 5.95. The first-order chi connectivity index (χ1) is 16.4. The summed E-state index contributed by atoms with van der Waals surface area (Å²) in [6.45, 7) is 5.31. The maximum absolute atomic E-state index is 13.4. The van der Waals surface area contributed by atoms with E-state index in [1.807, 2.05) is 42.1 Å². The van der Waals surface area contributed by atoms with Gasteiger partial charge in [0.2, 0.25) is 5.91 Å². The van der Waals surface area contributed by atoms with Crippen LogP contribution in [0.3, 0.4) is 0 Å². The van der Waals surface area contributed by atoms with E-state index in [0.29, 0.717) is 11.2 Å². The lowest BCUT2D eigenvalue weighted by Gasteiger charge is -2.23. The first-order valence-corrected chi connectivity index (χ1v) is 11.4. The molecule has 2 N–H and O–H groups in total. The number of aromatic nitrogens is 3. The summed E-state index contributed by atoms with van der Waals surface area (Å²) in [4.78, 5) is 38.2. The van der Waals surface area contributed by atoms with Gasteiger partial charge in [-0.1, -0.05) is 18.2 Å². The predicted molar refractivity (Wildman–Crippen MR) is 137 cm³/mol. The summed E-state index contributed by atoms with van der Waals surface area (Å²) in [6.07, 6.45) is 1.57. The average Bonchev–Trinajstić information content (AvgIpc) is 3.21. The first kappa shape index (κ1) is 24.1. The molecule has 184 valence electrons. The quantitative estimate of drug-likeness (QED) is 0.460. The van der Waals surface area contributed by atoms with Crippen LogP contribution in [0.5, 0.6) is 0 Å². The second kappa shape index (κ2) is 8.98. The van der Waals surface area contributed by atoms with Crippen molar-refractivity contribution in [2.45, 2.75) is 38.8 Å². The van der Waals surface area contributed by atoms with Gasteiger partial charge >= 0.3 is 11.8 Å². The largest absolute Gasteiger partial charge is 0.444 e. The fraction of sp³-hybridized carbons (Fsp3) is 0.346. The van der Waals surface area contributed by atoms with E-state index in [1.54, 1.807) is 57.6 Å². The Hall–Kier alpha value is -4.01. The zero-order valence-electron chi connectivity index (χ0n) is 20.9. The molecular formula is C26H31N5O4. The van der Waals surface area contributed by atoms with Crippen molar-refractivity contribution < 1.29 is 14.3 Å². The lowest BCUT2D eigenvalue weighted by Crippen LogP contribution is -2.47. The molecule has 0 radical (unpaired) electrons. The number of aryl methyl sites for hydroxylation is 3. The van der Waals surface area contributed by atoms with Crippen molar-refractivity contribution >= 4 is 39.6 Å². The molecule has 0 fully saturated rings. The number of fused-ring (bicyclic) bond motifs is 2. The molecule has 0 spiro atoms. The molecule has 2 heterocycles.